The van der Waals surface area contributed by atoms with Gasteiger partial charge in [0, 0.05) is 25.3 Å². The Bertz CT molecular complexity index is 794. The molecule has 0 radical (unpaired) electrons. The molecule has 1 fully saturated rings. The van der Waals surface area contributed by atoms with E-state index in [1.54, 1.807) is 7.11 Å². The maximum Gasteiger partial charge on any atom is 0.412 e. The molecule has 4 N–H and O–H groups in total. The van der Waals surface area contributed by atoms with Crippen LogP contribution in [0.1, 0.15) is 32.1 Å². The lowest BCUT2D eigenvalue weighted by molar-refractivity contribution is -0.0549. The SMILES string of the molecule is C=Cc1cn(C2O[C@H](CO)[C@@H](O)[C@H]2O)c(=O)nc1NC(=O)OCCC(C)(C)OC. The van der Waals surface area contributed by atoms with E-state index in [1.165, 1.54) is 12.3 Å². The highest BCUT2D eigenvalue weighted by molar-refractivity contribution is 5.85. The molecule has 1 aliphatic rings. The molecule has 1 amide bonds. The van der Waals surface area contributed by atoms with Crippen LogP contribution < -0.4 is 11.0 Å². The number of rotatable bonds is 8. The van der Waals surface area contributed by atoms with Crippen LogP contribution in [0.4, 0.5) is 10.6 Å². The molecule has 29 heavy (non-hydrogen) atoms. The molecule has 2 heterocycles. The van der Waals surface area contributed by atoms with Gasteiger partial charge in [-0.15, -0.1) is 0 Å². The molecule has 0 aromatic carbocycles. The van der Waals surface area contributed by atoms with Gasteiger partial charge in [0.25, 0.3) is 0 Å². The third-order valence-corrected chi connectivity index (χ3v) is 4.70. The van der Waals surface area contributed by atoms with Crippen molar-refractivity contribution in [2.45, 2.75) is 50.4 Å². The Balaban J connectivity index is 2.13. The summed E-state index contributed by atoms with van der Waals surface area (Å²) in [6, 6.07) is 0. The lowest BCUT2D eigenvalue weighted by atomic mass is 10.1. The highest BCUT2D eigenvalue weighted by Gasteiger charge is 2.44. The highest BCUT2D eigenvalue weighted by Crippen LogP contribution is 2.28. The standard InChI is InChI=1S/C18H27N3O8/c1-5-10-8-21(15-13(24)12(23)11(9-22)29-15)16(25)19-14(10)20-17(26)28-7-6-18(2,3)27-4/h5,8,11-13,15,22-24H,1,6-7,9H2,2-4H3,(H,19,20,25,26)/t11-,12-,13-,15?/m1/s1. The number of aliphatic hydroxyl groups is 3. The number of hydrogen-bond donors (Lipinski definition) is 4. The maximum absolute atomic E-state index is 12.4. The number of methoxy groups -OCH3 is 1. The van der Waals surface area contributed by atoms with Gasteiger partial charge in [-0.2, -0.15) is 4.98 Å². The van der Waals surface area contributed by atoms with Crippen LogP contribution in [-0.4, -0.2) is 75.2 Å². The molecule has 1 saturated heterocycles. The number of ether oxygens (including phenoxy) is 3. The monoisotopic (exact) mass is 413 g/mol. The average Bonchev–Trinajstić information content (AvgIpc) is 2.96. The van der Waals surface area contributed by atoms with E-state index in [2.05, 4.69) is 16.9 Å². The number of nitrogens with one attached hydrogen (secondary N) is 1. The van der Waals surface area contributed by atoms with Gasteiger partial charge in [0.2, 0.25) is 0 Å². The second-order valence-corrected chi connectivity index (χ2v) is 7.14. The first kappa shape index (κ1) is 23.0. The predicted octanol–water partition coefficient (Wildman–Crippen LogP) is -0.139. The van der Waals surface area contributed by atoms with Gasteiger partial charge < -0.3 is 29.5 Å². The molecule has 1 unspecified atom stereocenters. The van der Waals surface area contributed by atoms with Crippen molar-refractivity contribution in [1.82, 2.24) is 9.55 Å². The third kappa shape index (κ3) is 5.40. The third-order valence-electron chi connectivity index (χ3n) is 4.70. The van der Waals surface area contributed by atoms with Gasteiger partial charge in [-0.05, 0) is 13.8 Å². The van der Waals surface area contributed by atoms with Crippen molar-refractivity contribution in [1.29, 1.82) is 0 Å². The van der Waals surface area contributed by atoms with Gasteiger partial charge in [-0.1, -0.05) is 12.7 Å². The molecule has 1 aromatic heterocycles. The topological polar surface area (TPSA) is 152 Å². The summed E-state index contributed by atoms with van der Waals surface area (Å²) in [5, 5.41) is 31.5. The normalized spacial score (nSPS) is 24.3. The Labute approximate surface area is 167 Å². The average molecular weight is 413 g/mol. The minimum absolute atomic E-state index is 0.0796. The Morgan fingerprint density at radius 2 is 2.14 bits per heavy atom. The fraction of sp³-hybridized carbons (Fsp3) is 0.611. The first-order chi connectivity index (χ1) is 13.6. The molecule has 0 bridgehead atoms. The number of aliphatic hydroxyl groups excluding tert-OH is 3. The van der Waals surface area contributed by atoms with E-state index in [9.17, 15) is 24.9 Å². The molecule has 2 rings (SSSR count). The quantitative estimate of drug-likeness (QED) is 0.456. The molecule has 0 spiro atoms. The summed E-state index contributed by atoms with van der Waals surface area (Å²) in [4.78, 5) is 28.2. The summed E-state index contributed by atoms with van der Waals surface area (Å²) in [5.74, 6) is -0.0796. The zero-order valence-electron chi connectivity index (χ0n) is 16.6. The van der Waals surface area contributed by atoms with Crippen LogP contribution in [0.2, 0.25) is 0 Å². The number of anilines is 1. The summed E-state index contributed by atoms with van der Waals surface area (Å²) in [6.07, 6.45) is -2.84. The molecule has 1 aromatic rings. The zero-order valence-corrected chi connectivity index (χ0v) is 16.6. The summed E-state index contributed by atoms with van der Waals surface area (Å²) in [6.45, 7) is 6.87. The molecule has 11 nitrogen and oxygen atoms in total. The number of carbonyl (C=O) groups excluding carboxylic acids is 1. The fourth-order valence-electron chi connectivity index (χ4n) is 2.65. The van der Waals surface area contributed by atoms with E-state index in [-0.39, 0.29) is 18.0 Å². The maximum atomic E-state index is 12.4. The van der Waals surface area contributed by atoms with E-state index in [0.29, 0.717) is 6.42 Å². The smallest absolute Gasteiger partial charge is 0.412 e. The molecular formula is C18H27N3O8. The van der Waals surface area contributed by atoms with Crippen molar-refractivity contribution >= 4 is 18.0 Å². The van der Waals surface area contributed by atoms with E-state index < -0.39 is 48.5 Å². The minimum atomic E-state index is -1.45. The van der Waals surface area contributed by atoms with Gasteiger partial charge in [0.15, 0.2) is 6.23 Å². The van der Waals surface area contributed by atoms with Crippen LogP contribution in [-0.2, 0) is 14.2 Å². The van der Waals surface area contributed by atoms with Crippen LogP contribution in [0.5, 0.6) is 0 Å². The van der Waals surface area contributed by atoms with Crippen LogP contribution in [0.25, 0.3) is 6.08 Å². The summed E-state index contributed by atoms with van der Waals surface area (Å²) >= 11 is 0. The summed E-state index contributed by atoms with van der Waals surface area (Å²) < 4.78 is 16.6. The van der Waals surface area contributed by atoms with E-state index >= 15 is 0 Å². The van der Waals surface area contributed by atoms with Crippen molar-refractivity contribution in [2.75, 3.05) is 25.6 Å². The molecule has 1 aliphatic heterocycles. The van der Waals surface area contributed by atoms with E-state index in [1.807, 2.05) is 13.8 Å². The van der Waals surface area contributed by atoms with Crippen LogP contribution in [0.15, 0.2) is 17.6 Å². The van der Waals surface area contributed by atoms with Crippen molar-refractivity contribution < 1.29 is 34.3 Å². The molecule has 11 heteroatoms. The van der Waals surface area contributed by atoms with Gasteiger partial charge in [0.1, 0.15) is 24.1 Å². The molecule has 162 valence electrons. The summed E-state index contributed by atoms with van der Waals surface area (Å²) in [5.41, 5.74) is -1.04. The van der Waals surface area contributed by atoms with Crippen molar-refractivity contribution in [2.24, 2.45) is 0 Å². The van der Waals surface area contributed by atoms with Gasteiger partial charge in [-0.3, -0.25) is 9.88 Å². The first-order valence-electron chi connectivity index (χ1n) is 9.00. The Morgan fingerprint density at radius 1 is 1.45 bits per heavy atom. The van der Waals surface area contributed by atoms with Gasteiger partial charge in [0.05, 0.1) is 18.8 Å². The fourth-order valence-corrected chi connectivity index (χ4v) is 2.65. The Hall–Kier alpha value is -2.31. The van der Waals surface area contributed by atoms with Crippen molar-refractivity contribution in [3.63, 3.8) is 0 Å². The first-order valence-corrected chi connectivity index (χ1v) is 9.00. The lowest BCUT2D eigenvalue weighted by Gasteiger charge is -2.22. The number of aromatic nitrogens is 2. The second-order valence-electron chi connectivity index (χ2n) is 7.14. The Morgan fingerprint density at radius 3 is 2.69 bits per heavy atom. The largest absolute Gasteiger partial charge is 0.449 e. The zero-order chi connectivity index (χ0) is 21.8. The van der Waals surface area contributed by atoms with Crippen LogP contribution >= 0.6 is 0 Å². The predicted molar refractivity (Wildman–Crippen MR) is 102 cm³/mol. The number of hydrogen-bond acceptors (Lipinski definition) is 9. The molecular weight excluding hydrogens is 386 g/mol. The van der Waals surface area contributed by atoms with E-state index in [4.69, 9.17) is 14.2 Å². The van der Waals surface area contributed by atoms with Crippen molar-refractivity contribution in [3.8, 4) is 0 Å². The van der Waals surface area contributed by atoms with Crippen LogP contribution in [0, 0.1) is 0 Å². The van der Waals surface area contributed by atoms with E-state index in [0.717, 1.165) is 4.57 Å². The van der Waals surface area contributed by atoms with Crippen molar-refractivity contribution in [3.05, 3.63) is 28.8 Å². The molecule has 0 saturated carbocycles. The highest BCUT2D eigenvalue weighted by atomic mass is 16.6. The second kappa shape index (κ2) is 9.46. The summed E-state index contributed by atoms with van der Waals surface area (Å²) in [7, 11) is 1.56. The van der Waals surface area contributed by atoms with Gasteiger partial charge in [-0.25, -0.2) is 9.59 Å². The van der Waals surface area contributed by atoms with Gasteiger partial charge >= 0.3 is 11.8 Å². The van der Waals surface area contributed by atoms with Crippen LogP contribution in [0.3, 0.4) is 0 Å². The minimum Gasteiger partial charge on any atom is -0.449 e. The molecule has 0 aliphatic carbocycles. The number of nitrogens with zero attached hydrogens (tertiary/aromatic N) is 2. The number of carbonyl (C=O) groups is 1. The lowest BCUT2D eigenvalue weighted by Crippen LogP contribution is -2.36. The Kier molecular flexibility index (Phi) is 7.49. The molecule has 4 atom stereocenters. The number of amides is 1.